The van der Waals surface area contributed by atoms with Crippen molar-refractivity contribution in [2.24, 2.45) is 0 Å². The van der Waals surface area contributed by atoms with Crippen LogP contribution in [0, 0.1) is 11.3 Å². The first-order valence-electron chi connectivity index (χ1n) is 6.84. The second kappa shape index (κ2) is 6.22. The minimum absolute atomic E-state index is 0.0608. The van der Waals surface area contributed by atoms with Gasteiger partial charge in [0.1, 0.15) is 11.9 Å². The van der Waals surface area contributed by atoms with Crippen molar-refractivity contribution in [3.63, 3.8) is 0 Å². The Balaban J connectivity index is 2.09. The molecule has 1 aromatic carbocycles. The molecule has 2 heterocycles. The van der Waals surface area contributed by atoms with Gasteiger partial charge in [-0.3, -0.25) is 4.79 Å². The lowest BCUT2D eigenvalue weighted by Gasteiger charge is -2.16. The summed E-state index contributed by atoms with van der Waals surface area (Å²) in [6.07, 6.45) is 2.24. The molecule has 1 aliphatic rings. The highest BCUT2D eigenvalue weighted by Crippen LogP contribution is 2.33. The molecule has 5 nitrogen and oxygen atoms in total. The molecule has 0 amide bonds. The summed E-state index contributed by atoms with van der Waals surface area (Å²) in [5.41, 5.74) is 1.29. The Kier molecular flexibility index (Phi) is 4.14. The van der Waals surface area contributed by atoms with Crippen molar-refractivity contribution in [1.29, 1.82) is 5.26 Å². The summed E-state index contributed by atoms with van der Waals surface area (Å²) in [6.45, 7) is 1.17. The number of rotatable bonds is 3. The van der Waals surface area contributed by atoms with E-state index in [4.69, 9.17) is 21.1 Å². The molecule has 0 unspecified atom stereocenters. The number of nitrogens with one attached hydrogen (secondary N) is 1. The molecule has 0 radical (unpaired) electrons. The van der Waals surface area contributed by atoms with Gasteiger partial charge in [-0.2, -0.15) is 5.26 Å². The molecule has 1 atom stereocenters. The lowest BCUT2D eigenvalue weighted by Crippen LogP contribution is -2.17. The number of pyridine rings is 1. The quantitative estimate of drug-likeness (QED) is 0.944. The van der Waals surface area contributed by atoms with Gasteiger partial charge >= 0.3 is 0 Å². The zero-order valence-corrected chi connectivity index (χ0v) is 12.4. The monoisotopic (exact) mass is 316 g/mol. The molecule has 1 N–H and O–H groups in total. The maximum Gasteiger partial charge on any atom is 0.248 e. The number of ether oxygens (including phenoxy) is 2. The van der Waals surface area contributed by atoms with E-state index in [0.29, 0.717) is 40.7 Å². The van der Waals surface area contributed by atoms with Crippen LogP contribution in [-0.4, -0.2) is 24.3 Å². The Bertz CT molecular complexity index is 789. The largest absolute Gasteiger partial charge is 0.486 e. The number of benzene rings is 1. The molecule has 1 aromatic heterocycles. The van der Waals surface area contributed by atoms with Crippen LogP contribution in [0.1, 0.15) is 12.0 Å². The highest BCUT2D eigenvalue weighted by Gasteiger charge is 2.20. The molecule has 3 rings (SSSR count). The molecule has 0 bridgehead atoms. The fourth-order valence-electron chi connectivity index (χ4n) is 2.39. The third-order valence-corrected chi connectivity index (χ3v) is 3.70. The Morgan fingerprint density at radius 3 is 2.95 bits per heavy atom. The van der Waals surface area contributed by atoms with Crippen molar-refractivity contribution in [1.82, 2.24) is 4.98 Å². The molecule has 0 saturated carbocycles. The van der Waals surface area contributed by atoms with Crippen LogP contribution in [0.15, 0.2) is 35.3 Å². The Labute approximate surface area is 132 Å². The summed E-state index contributed by atoms with van der Waals surface area (Å²) in [4.78, 5) is 14.3. The summed E-state index contributed by atoms with van der Waals surface area (Å²) in [6, 6.07) is 8.45. The molecule has 0 spiro atoms. The fraction of sp³-hybridized carbons (Fsp3) is 0.250. The van der Waals surface area contributed by atoms with Crippen molar-refractivity contribution in [3.8, 4) is 22.9 Å². The number of nitrogens with zero attached hydrogens (tertiary/aromatic N) is 1. The molecule has 22 heavy (non-hydrogen) atoms. The summed E-state index contributed by atoms with van der Waals surface area (Å²) in [7, 11) is 0. The number of aromatic nitrogens is 1. The maximum atomic E-state index is 11.7. The van der Waals surface area contributed by atoms with Crippen LogP contribution in [-0.2, 0) is 4.74 Å². The first kappa shape index (κ1) is 14.6. The van der Waals surface area contributed by atoms with Crippen LogP contribution in [0.4, 0.5) is 0 Å². The van der Waals surface area contributed by atoms with E-state index in [0.717, 1.165) is 6.42 Å². The molecule has 1 fully saturated rings. The molecule has 1 saturated heterocycles. The number of nitriles is 1. The predicted octanol–water partition coefficient (Wildman–Crippen LogP) is 2.73. The van der Waals surface area contributed by atoms with Gasteiger partial charge in [-0.05, 0) is 18.2 Å². The van der Waals surface area contributed by atoms with Crippen LogP contribution >= 0.6 is 11.6 Å². The minimum atomic E-state index is -0.270. The highest BCUT2D eigenvalue weighted by atomic mass is 35.5. The second-order valence-electron chi connectivity index (χ2n) is 4.98. The number of aromatic amines is 1. The van der Waals surface area contributed by atoms with Crippen LogP contribution in [0.25, 0.3) is 11.1 Å². The summed E-state index contributed by atoms with van der Waals surface area (Å²) in [5.74, 6) is 0.508. The van der Waals surface area contributed by atoms with Gasteiger partial charge in [0.2, 0.25) is 5.56 Å². The summed E-state index contributed by atoms with van der Waals surface area (Å²) in [5, 5.41) is 9.77. The van der Waals surface area contributed by atoms with Gasteiger partial charge in [-0.1, -0.05) is 11.6 Å². The van der Waals surface area contributed by atoms with Gasteiger partial charge in [0.25, 0.3) is 0 Å². The van der Waals surface area contributed by atoms with E-state index in [1.807, 2.05) is 0 Å². The zero-order chi connectivity index (χ0) is 15.5. The molecule has 112 valence electrons. The predicted molar refractivity (Wildman–Crippen MR) is 82.1 cm³/mol. The first-order valence-corrected chi connectivity index (χ1v) is 7.22. The summed E-state index contributed by atoms with van der Waals surface area (Å²) >= 11 is 6.03. The molecule has 0 aliphatic carbocycles. The maximum absolute atomic E-state index is 11.7. The van der Waals surface area contributed by atoms with Crippen molar-refractivity contribution in [2.45, 2.75) is 12.5 Å². The summed E-state index contributed by atoms with van der Waals surface area (Å²) < 4.78 is 11.2. The number of hydrogen-bond acceptors (Lipinski definition) is 4. The normalized spacial score (nSPS) is 17.2. The standard InChI is InChI=1S/C16H13ClN2O3/c17-11-2-1-10(7-18)13(5-11)14-6-16(20)19-8-15(14)22-12-3-4-21-9-12/h1-2,5-6,8,12H,3-4,9H2,(H,19,20)/t12-/m0/s1. The van der Waals surface area contributed by atoms with E-state index >= 15 is 0 Å². The van der Waals surface area contributed by atoms with Crippen LogP contribution < -0.4 is 10.3 Å². The van der Waals surface area contributed by atoms with Crippen molar-refractivity contribution >= 4 is 11.6 Å². The average molecular weight is 317 g/mol. The van der Waals surface area contributed by atoms with E-state index in [-0.39, 0.29) is 11.7 Å². The lowest BCUT2D eigenvalue weighted by molar-refractivity contribution is 0.141. The Morgan fingerprint density at radius 1 is 1.36 bits per heavy atom. The molecule has 6 heteroatoms. The van der Waals surface area contributed by atoms with E-state index in [2.05, 4.69) is 11.1 Å². The smallest absolute Gasteiger partial charge is 0.248 e. The van der Waals surface area contributed by atoms with Crippen molar-refractivity contribution < 1.29 is 9.47 Å². The van der Waals surface area contributed by atoms with Gasteiger partial charge in [-0.25, -0.2) is 0 Å². The molecular formula is C16H13ClN2O3. The molecular weight excluding hydrogens is 304 g/mol. The van der Waals surface area contributed by atoms with Crippen LogP contribution in [0.3, 0.4) is 0 Å². The fourth-order valence-corrected chi connectivity index (χ4v) is 2.56. The number of halogens is 1. The second-order valence-corrected chi connectivity index (χ2v) is 5.42. The third kappa shape index (κ3) is 2.98. The topological polar surface area (TPSA) is 75.1 Å². The SMILES string of the molecule is N#Cc1ccc(Cl)cc1-c1cc(=O)[nH]cc1O[C@H]1CCOC1. The van der Waals surface area contributed by atoms with Crippen LogP contribution in [0.2, 0.25) is 5.02 Å². The number of hydrogen-bond donors (Lipinski definition) is 1. The zero-order valence-electron chi connectivity index (χ0n) is 11.6. The molecule has 1 aliphatic heterocycles. The van der Waals surface area contributed by atoms with Gasteiger partial charge in [-0.15, -0.1) is 0 Å². The van der Waals surface area contributed by atoms with E-state index in [1.165, 1.54) is 12.3 Å². The van der Waals surface area contributed by atoms with E-state index in [1.54, 1.807) is 18.2 Å². The van der Waals surface area contributed by atoms with Crippen molar-refractivity contribution in [2.75, 3.05) is 13.2 Å². The Morgan fingerprint density at radius 2 is 2.23 bits per heavy atom. The van der Waals surface area contributed by atoms with Gasteiger partial charge in [0.05, 0.1) is 24.8 Å². The van der Waals surface area contributed by atoms with Gasteiger partial charge < -0.3 is 14.5 Å². The van der Waals surface area contributed by atoms with E-state index < -0.39 is 0 Å². The highest BCUT2D eigenvalue weighted by molar-refractivity contribution is 6.31. The van der Waals surface area contributed by atoms with Gasteiger partial charge in [0.15, 0.2) is 0 Å². The van der Waals surface area contributed by atoms with Crippen molar-refractivity contribution in [3.05, 3.63) is 51.4 Å². The van der Waals surface area contributed by atoms with Gasteiger partial charge in [0, 0.05) is 34.8 Å². The lowest BCUT2D eigenvalue weighted by atomic mass is 10.0. The first-order chi connectivity index (χ1) is 10.7. The molecule has 2 aromatic rings. The minimum Gasteiger partial charge on any atom is -0.486 e. The Hall–Kier alpha value is -2.29. The number of H-pyrrole nitrogens is 1. The van der Waals surface area contributed by atoms with E-state index in [9.17, 15) is 10.1 Å². The third-order valence-electron chi connectivity index (χ3n) is 3.46. The van der Waals surface area contributed by atoms with Crippen LogP contribution in [0.5, 0.6) is 5.75 Å². The average Bonchev–Trinajstić information content (AvgIpc) is 3.02.